The maximum atomic E-state index is 12.8. The van der Waals surface area contributed by atoms with Gasteiger partial charge in [-0.25, -0.2) is 13.4 Å². The summed E-state index contributed by atoms with van der Waals surface area (Å²) in [6.45, 7) is 4.73. The van der Waals surface area contributed by atoms with Crippen LogP contribution in [0.2, 0.25) is 0 Å². The van der Waals surface area contributed by atoms with Crippen molar-refractivity contribution in [3.63, 3.8) is 0 Å². The van der Waals surface area contributed by atoms with Crippen LogP contribution in [-0.4, -0.2) is 33.8 Å². The van der Waals surface area contributed by atoms with Crippen molar-refractivity contribution in [2.75, 3.05) is 4.72 Å². The Morgan fingerprint density at radius 1 is 0.976 bits per heavy atom. The lowest BCUT2D eigenvalue weighted by molar-refractivity contribution is 0.480. The molecule has 5 rings (SSSR count). The molecule has 0 aliphatic rings. The summed E-state index contributed by atoms with van der Waals surface area (Å²) >= 11 is 0.907. The molecule has 3 aromatic heterocycles. The van der Waals surface area contributed by atoms with Crippen molar-refractivity contribution in [2.45, 2.75) is 31.3 Å². The van der Waals surface area contributed by atoms with E-state index in [1.807, 2.05) is 54.6 Å². The van der Waals surface area contributed by atoms with Crippen LogP contribution in [0.4, 0.5) is 5.13 Å². The summed E-state index contributed by atoms with van der Waals surface area (Å²) in [5.74, 6) is 0.589. The molecule has 2 aromatic carbocycles. The predicted octanol–water partition coefficient (Wildman–Crippen LogP) is 5.62. The number of hydrogen-bond acceptors (Lipinski definition) is 10. The van der Waals surface area contributed by atoms with Gasteiger partial charge in [-0.3, -0.25) is 14.7 Å². The van der Waals surface area contributed by atoms with Crippen molar-refractivity contribution in [3.8, 4) is 40.0 Å². The molecule has 10 nitrogen and oxygen atoms in total. The lowest BCUT2D eigenvalue weighted by atomic mass is 10.0. The van der Waals surface area contributed by atoms with E-state index < -0.39 is 10.0 Å². The van der Waals surface area contributed by atoms with E-state index in [4.69, 9.17) is 4.74 Å². The fourth-order valence-corrected chi connectivity index (χ4v) is 5.62. The Morgan fingerprint density at radius 3 is 2.54 bits per heavy atom. The fourth-order valence-electron chi connectivity index (χ4n) is 3.93. The minimum Gasteiger partial charge on any atom is -0.454 e. The van der Waals surface area contributed by atoms with E-state index in [0.29, 0.717) is 18.3 Å². The first-order chi connectivity index (χ1) is 19.8. The highest BCUT2D eigenvalue weighted by molar-refractivity contribution is 7.93. The number of nitrogens with zero attached hydrogens (tertiary/aromatic N) is 5. The first kappa shape index (κ1) is 27.9. The average molecular weight is 584 g/mol. The maximum Gasteiger partial charge on any atom is 0.263 e. The third-order valence-corrected chi connectivity index (χ3v) is 7.99. The van der Waals surface area contributed by atoms with Crippen molar-refractivity contribution in [2.24, 2.45) is 0 Å². The van der Waals surface area contributed by atoms with Crippen LogP contribution in [0.25, 0.3) is 22.4 Å². The number of anilines is 1. The minimum atomic E-state index is -3.98. The Morgan fingerprint density at radius 2 is 1.80 bits per heavy atom. The van der Waals surface area contributed by atoms with Gasteiger partial charge in [0.1, 0.15) is 18.1 Å². The van der Waals surface area contributed by atoms with Gasteiger partial charge in [0, 0.05) is 41.4 Å². The lowest BCUT2D eigenvalue weighted by Crippen LogP contribution is -2.22. The number of ether oxygens (including phenoxy) is 1. The molecular formula is C29H25N7O3S2. The molecule has 0 saturated carbocycles. The quantitative estimate of drug-likeness (QED) is 0.214. The Balaban J connectivity index is 1.53. The van der Waals surface area contributed by atoms with Crippen LogP contribution < -0.4 is 14.8 Å². The number of nitrogens with one attached hydrogen (secondary N) is 2. The summed E-state index contributed by atoms with van der Waals surface area (Å²) in [6.07, 6.45) is 4.60. The van der Waals surface area contributed by atoms with Crippen molar-refractivity contribution in [1.29, 1.82) is 5.26 Å². The molecule has 0 fully saturated rings. The van der Waals surface area contributed by atoms with E-state index in [1.54, 1.807) is 12.4 Å². The Labute approximate surface area is 242 Å². The molecule has 0 amide bonds. The monoisotopic (exact) mass is 583 g/mol. The van der Waals surface area contributed by atoms with Crippen molar-refractivity contribution >= 4 is 26.7 Å². The summed E-state index contributed by atoms with van der Waals surface area (Å²) in [7, 11) is -3.98. The van der Waals surface area contributed by atoms with Crippen molar-refractivity contribution in [1.82, 2.24) is 24.6 Å². The molecule has 0 atom stereocenters. The van der Waals surface area contributed by atoms with Crippen LogP contribution in [0.3, 0.4) is 0 Å². The van der Waals surface area contributed by atoms with Crippen molar-refractivity contribution in [3.05, 3.63) is 96.7 Å². The van der Waals surface area contributed by atoms with Gasteiger partial charge >= 0.3 is 0 Å². The molecule has 0 spiro atoms. The van der Waals surface area contributed by atoms with E-state index in [2.05, 4.69) is 43.2 Å². The molecule has 5 aromatic rings. The molecular weight excluding hydrogens is 558 g/mol. The number of sulfonamides is 1. The first-order valence-electron chi connectivity index (χ1n) is 12.6. The zero-order valence-corrected chi connectivity index (χ0v) is 23.8. The third kappa shape index (κ3) is 6.72. The summed E-state index contributed by atoms with van der Waals surface area (Å²) in [4.78, 5) is 12.8. The summed E-state index contributed by atoms with van der Waals surface area (Å²) in [5, 5.41) is 13.4. The highest BCUT2D eigenvalue weighted by Gasteiger charge is 2.20. The van der Waals surface area contributed by atoms with Gasteiger partial charge in [-0.05, 0) is 42.0 Å². The van der Waals surface area contributed by atoms with Crippen LogP contribution in [-0.2, 0) is 16.6 Å². The fraction of sp³-hybridized carbons (Fsp3) is 0.138. The zero-order chi connectivity index (χ0) is 28.8. The van der Waals surface area contributed by atoms with Gasteiger partial charge in [0.05, 0.1) is 28.0 Å². The Hall–Kier alpha value is -4.70. The molecule has 0 aliphatic heterocycles. The third-order valence-electron chi connectivity index (χ3n) is 5.94. The smallest absolute Gasteiger partial charge is 0.263 e. The van der Waals surface area contributed by atoms with E-state index >= 15 is 0 Å². The van der Waals surface area contributed by atoms with E-state index in [9.17, 15) is 13.7 Å². The maximum absolute atomic E-state index is 12.8. The van der Waals surface area contributed by atoms with Crippen LogP contribution in [0.1, 0.15) is 25.1 Å². The Kier molecular flexibility index (Phi) is 8.30. The number of nitriles is 1. The highest BCUT2D eigenvalue weighted by atomic mass is 32.2. The highest BCUT2D eigenvalue weighted by Crippen LogP contribution is 2.37. The van der Waals surface area contributed by atoms with Gasteiger partial charge in [-0.2, -0.15) is 9.64 Å². The largest absolute Gasteiger partial charge is 0.454 e. The van der Waals surface area contributed by atoms with E-state index in [-0.39, 0.29) is 21.3 Å². The molecule has 12 heteroatoms. The lowest BCUT2D eigenvalue weighted by Gasteiger charge is -2.15. The molecule has 2 N–H and O–H groups in total. The van der Waals surface area contributed by atoms with Gasteiger partial charge in [0.25, 0.3) is 10.0 Å². The molecule has 0 bridgehead atoms. The molecule has 3 heterocycles. The number of aromatic nitrogens is 4. The number of rotatable bonds is 10. The van der Waals surface area contributed by atoms with Crippen LogP contribution >= 0.6 is 11.5 Å². The van der Waals surface area contributed by atoms with Gasteiger partial charge in [0.15, 0.2) is 5.75 Å². The molecule has 0 aliphatic carbocycles. The second-order valence-corrected chi connectivity index (χ2v) is 11.7. The summed E-state index contributed by atoms with van der Waals surface area (Å²) in [5.41, 5.74) is 4.18. The molecule has 0 saturated heterocycles. The van der Waals surface area contributed by atoms with Crippen LogP contribution in [0.15, 0.2) is 90.3 Å². The van der Waals surface area contributed by atoms with Crippen LogP contribution in [0, 0.1) is 11.3 Å². The molecule has 0 unspecified atom stereocenters. The predicted molar refractivity (Wildman–Crippen MR) is 157 cm³/mol. The number of pyridine rings is 2. The van der Waals surface area contributed by atoms with Gasteiger partial charge in [-0.15, -0.1) is 0 Å². The van der Waals surface area contributed by atoms with E-state index in [1.165, 1.54) is 24.5 Å². The van der Waals surface area contributed by atoms with Crippen LogP contribution in [0.5, 0.6) is 11.5 Å². The Bertz CT molecular complexity index is 1800. The topological polar surface area (TPSA) is 143 Å². The SMILES string of the molecule is CC(C)NCc1cc(-c2cc(-c3ccccc3)ncc2Oc2ccc(S(=O)(=O)Nc3ncns3)cc2C#N)ccn1. The number of benzene rings is 2. The molecule has 206 valence electrons. The molecule has 41 heavy (non-hydrogen) atoms. The normalized spacial score (nSPS) is 11.3. The average Bonchev–Trinajstić information content (AvgIpc) is 3.49. The minimum absolute atomic E-state index is 0.0415. The summed E-state index contributed by atoms with van der Waals surface area (Å²) < 4.78 is 38.0. The van der Waals surface area contributed by atoms with Crippen molar-refractivity contribution < 1.29 is 13.2 Å². The first-order valence-corrected chi connectivity index (χ1v) is 14.8. The molecule has 0 radical (unpaired) electrons. The van der Waals surface area contributed by atoms with Gasteiger partial charge in [-0.1, -0.05) is 44.2 Å². The van der Waals surface area contributed by atoms with Gasteiger partial charge < -0.3 is 10.1 Å². The second-order valence-electron chi connectivity index (χ2n) is 9.23. The summed E-state index contributed by atoms with van der Waals surface area (Å²) in [6, 6.07) is 22.0. The van der Waals surface area contributed by atoms with E-state index in [0.717, 1.165) is 39.6 Å². The number of hydrogen-bond donors (Lipinski definition) is 2. The zero-order valence-electron chi connectivity index (χ0n) is 22.1. The second kappa shape index (κ2) is 12.2. The standard InChI is InChI=1S/C29H25N7O3S2/c1-19(2)32-16-23-12-21(10-11-31-23)25-14-26(20-6-4-3-5-7-20)33-17-28(25)39-27-9-8-24(13-22(27)15-30)41(37,38)36-29-34-18-35-40-29/h3-14,17-19,32H,16H2,1-2H3,(H,34,35,36). The van der Waals surface area contributed by atoms with Gasteiger partial charge in [0.2, 0.25) is 5.13 Å².